The van der Waals surface area contributed by atoms with Crippen LogP contribution in [0.5, 0.6) is 5.75 Å². The number of aryl methyl sites for hydroxylation is 1. The fraction of sp³-hybridized carbons (Fsp3) is 0.136. The number of nitrogens with one attached hydrogen (secondary N) is 1. The van der Waals surface area contributed by atoms with E-state index in [1.165, 1.54) is 12.1 Å². The van der Waals surface area contributed by atoms with Crippen LogP contribution in [0.15, 0.2) is 59.6 Å². The fourth-order valence-electron chi connectivity index (χ4n) is 2.63. The quantitative estimate of drug-likeness (QED) is 0.594. The Balaban J connectivity index is 1.76. The molecule has 29 heavy (non-hydrogen) atoms. The van der Waals surface area contributed by atoms with E-state index in [1.807, 2.05) is 24.3 Å². The molecule has 1 N–H and O–H groups in total. The van der Waals surface area contributed by atoms with Gasteiger partial charge in [-0.15, -0.1) is 0 Å². The second kappa shape index (κ2) is 9.22. The zero-order valence-corrected chi connectivity index (χ0v) is 16.7. The van der Waals surface area contributed by atoms with Crippen molar-refractivity contribution in [2.45, 2.75) is 11.9 Å². The Morgan fingerprint density at radius 2 is 2.07 bits per heavy atom. The molecule has 3 rings (SSSR count). The molecule has 3 aromatic rings. The second-order valence-electron chi connectivity index (χ2n) is 6.19. The van der Waals surface area contributed by atoms with E-state index in [0.29, 0.717) is 27.7 Å². The molecule has 0 atom stereocenters. The van der Waals surface area contributed by atoms with E-state index in [4.69, 9.17) is 4.74 Å². The Hall–Kier alpha value is -3.37. The van der Waals surface area contributed by atoms with Gasteiger partial charge in [0.05, 0.1) is 24.1 Å². The van der Waals surface area contributed by atoms with Crippen molar-refractivity contribution in [3.8, 4) is 23.1 Å². The van der Waals surface area contributed by atoms with Crippen LogP contribution < -0.4 is 10.1 Å². The summed E-state index contributed by atoms with van der Waals surface area (Å²) in [4.78, 5) is 16.9. The highest BCUT2D eigenvalue weighted by molar-refractivity contribution is 8.00. The van der Waals surface area contributed by atoms with Gasteiger partial charge >= 0.3 is 0 Å². The minimum Gasteiger partial charge on any atom is -0.497 e. The average Bonchev–Trinajstić information content (AvgIpc) is 2.74. The lowest BCUT2D eigenvalue weighted by Gasteiger charge is -2.10. The summed E-state index contributed by atoms with van der Waals surface area (Å²) in [5.74, 6) is 0.0194. The Morgan fingerprint density at radius 3 is 2.83 bits per heavy atom. The number of carbonyl (C=O) groups excluding carboxylic acids is 1. The van der Waals surface area contributed by atoms with Gasteiger partial charge in [-0.05, 0) is 48.9 Å². The standard InChI is InChI=1S/C22H18FN3O2S/c1-14-6-8-17(23)11-20(14)25-21(27)13-29-22-16(12-24)7-9-19(26-22)15-4-3-5-18(10-15)28-2/h3-11H,13H2,1-2H3,(H,25,27). The Labute approximate surface area is 172 Å². The van der Waals surface area contributed by atoms with Gasteiger partial charge in [-0.25, -0.2) is 9.37 Å². The number of pyridine rings is 1. The van der Waals surface area contributed by atoms with E-state index in [0.717, 1.165) is 22.9 Å². The molecular formula is C22H18FN3O2S. The molecule has 0 radical (unpaired) electrons. The molecule has 0 unspecified atom stereocenters. The predicted octanol–water partition coefficient (Wildman–Crippen LogP) is 4.81. The highest BCUT2D eigenvalue weighted by Crippen LogP contribution is 2.27. The van der Waals surface area contributed by atoms with Gasteiger partial charge in [-0.2, -0.15) is 5.26 Å². The SMILES string of the molecule is COc1cccc(-c2ccc(C#N)c(SCC(=O)Nc3cc(F)ccc3C)n2)c1. The molecule has 5 nitrogen and oxygen atoms in total. The topological polar surface area (TPSA) is 75.0 Å². The van der Waals surface area contributed by atoms with E-state index in [2.05, 4.69) is 16.4 Å². The highest BCUT2D eigenvalue weighted by atomic mass is 32.2. The monoisotopic (exact) mass is 407 g/mol. The van der Waals surface area contributed by atoms with Crippen molar-refractivity contribution < 1.29 is 13.9 Å². The fourth-order valence-corrected chi connectivity index (χ4v) is 3.40. The Bertz CT molecular complexity index is 1100. The van der Waals surface area contributed by atoms with Gasteiger partial charge in [-0.3, -0.25) is 4.79 Å². The average molecular weight is 407 g/mol. The first kappa shape index (κ1) is 20.4. The first-order chi connectivity index (χ1) is 14.0. The summed E-state index contributed by atoms with van der Waals surface area (Å²) < 4.78 is 18.6. The molecule has 0 aliphatic rings. The van der Waals surface area contributed by atoms with Crippen LogP contribution in [0.1, 0.15) is 11.1 Å². The third-order valence-electron chi connectivity index (χ3n) is 4.16. The van der Waals surface area contributed by atoms with Crippen LogP contribution in [0.3, 0.4) is 0 Å². The molecule has 0 saturated carbocycles. The van der Waals surface area contributed by atoms with E-state index in [1.54, 1.807) is 32.2 Å². The van der Waals surface area contributed by atoms with E-state index < -0.39 is 5.82 Å². The number of hydrogen-bond acceptors (Lipinski definition) is 5. The number of aromatic nitrogens is 1. The molecule has 0 saturated heterocycles. The van der Waals surface area contributed by atoms with Gasteiger partial charge in [0.25, 0.3) is 0 Å². The predicted molar refractivity (Wildman–Crippen MR) is 111 cm³/mol. The minimum absolute atomic E-state index is 0.0409. The van der Waals surface area contributed by atoms with E-state index in [-0.39, 0.29) is 11.7 Å². The molecule has 0 spiro atoms. The van der Waals surface area contributed by atoms with Crippen molar-refractivity contribution in [2.75, 3.05) is 18.2 Å². The van der Waals surface area contributed by atoms with Crippen molar-refractivity contribution in [2.24, 2.45) is 0 Å². The lowest BCUT2D eigenvalue weighted by atomic mass is 10.1. The molecule has 1 amide bonds. The molecule has 2 aromatic carbocycles. The number of amides is 1. The first-order valence-corrected chi connectivity index (χ1v) is 9.73. The minimum atomic E-state index is -0.419. The van der Waals surface area contributed by atoms with Gasteiger partial charge in [0.2, 0.25) is 5.91 Å². The molecule has 0 bridgehead atoms. The number of nitrogens with zero attached hydrogens (tertiary/aromatic N) is 2. The number of thioether (sulfide) groups is 1. The number of anilines is 1. The first-order valence-electron chi connectivity index (χ1n) is 8.74. The maximum absolute atomic E-state index is 13.4. The summed E-state index contributed by atoms with van der Waals surface area (Å²) in [5, 5.41) is 12.5. The summed E-state index contributed by atoms with van der Waals surface area (Å²) >= 11 is 1.16. The van der Waals surface area contributed by atoms with Gasteiger partial charge < -0.3 is 10.1 Å². The lowest BCUT2D eigenvalue weighted by Crippen LogP contribution is -2.15. The molecule has 0 fully saturated rings. The van der Waals surface area contributed by atoms with Gasteiger partial charge in [-0.1, -0.05) is 30.0 Å². The Morgan fingerprint density at radius 1 is 1.24 bits per heavy atom. The smallest absolute Gasteiger partial charge is 0.234 e. The van der Waals surface area contributed by atoms with E-state index >= 15 is 0 Å². The lowest BCUT2D eigenvalue weighted by molar-refractivity contribution is -0.113. The van der Waals surface area contributed by atoms with Crippen LogP contribution in [0.4, 0.5) is 10.1 Å². The Kier molecular flexibility index (Phi) is 6.47. The molecule has 146 valence electrons. The molecule has 1 heterocycles. The van der Waals surface area contributed by atoms with Crippen LogP contribution in [0.25, 0.3) is 11.3 Å². The van der Waals surface area contributed by atoms with Crippen molar-refractivity contribution in [3.05, 3.63) is 71.5 Å². The van der Waals surface area contributed by atoms with Crippen LogP contribution in [0, 0.1) is 24.1 Å². The maximum atomic E-state index is 13.4. The van der Waals surface area contributed by atoms with Crippen molar-refractivity contribution in [3.63, 3.8) is 0 Å². The van der Waals surface area contributed by atoms with Crippen molar-refractivity contribution in [1.29, 1.82) is 5.26 Å². The number of halogens is 1. The van der Waals surface area contributed by atoms with Crippen LogP contribution >= 0.6 is 11.8 Å². The molecular weight excluding hydrogens is 389 g/mol. The number of methoxy groups -OCH3 is 1. The number of ether oxygens (including phenoxy) is 1. The third-order valence-corrected chi connectivity index (χ3v) is 5.15. The molecule has 0 aliphatic carbocycles. The zero-order valence-electron chi connectivity index (χ0n) is 15.9. The van der Waals surface area contributed by atoms with Gasteiger partial charge in [0, 0.05) is 11.3 Å². The summed E-state index contributed by atoms with van der Waals surface area (Å²) in [5.41, 5.74) is 3.09. The number of rotatable bonds is 6. The zero-order chi connectivity index (χ0) is 20.8. The van der Waals surface area contributed by atoms with Gasteiger partial charge in [0.15, 0.2) is 0 Å². The van der Waals surface area contributed by atoms with Crippen LogP contribution in [0.2, 0.25) is 0 Å². The molecule has 1 aromatic heterocycles. The summed E-state index contributed by atoms with van der Waals surface area (Å²) in [6, 6.07) is 17.2. The summed E-state index contributed by atoms with van der Waals surface area (Å²) in [6.07, 6.45) is 0. The maximum Gasteiger partial charge on any atom is 0.234 e. The van der Waals surface area contributed by atoms with E-state index in [9.17, 15) is 14.4 Å². The normalized spacial score (nSPS) is 10.3. The highest BCUT2D eigenvalue weighted by Gasteiger charge is 2.12. The van der Waals surface area contributed by atoms with Crippen molar-refractivity contribution >= 4 is 23.4 Å². The van der Waals surface area contributed by atoms with Crippen LogP contribution in [-0.4, -0.2) is 23.8 Å². The summed E-state index contributed by atoms with van der Waals surface area (Å²) in [6.45, 7) is 1.79. The largest absolute Gasteiger partial charge is 0.497 e. The summed E-state index contributed by atoms with van der Waals surface area (Å²) in [7, 11) is 1.59. The van der Waals surface area contributed by atoms with Crippen molar-refractivity contribution in [1.82, 2.24) is 4.98 Å². The number of benzene rings is 2. The number of nitriles is 1. The van der Waals surface area contributed by atoms with Gasteiger partial charge in [0.1, 0.15) is 22.7 Å². The number of carbonyl (C=O) groups is 1. The number of hydrogen-bond donors (Lipinski definition) is 1. The van der Waals surface area contributed by atoms with Crippen LogP contribution in [-0.2, 0) is 4.79 Å². The molecule has 0 aliphatic heterocycles. The second-order valence-corrected chi connectivity index (χ2v) is 7.15. The molecule has 7 heteroatoms. The third kappa shape index (κ3) is 5.12.